The lowest BCUT2D eigenvalue weighted by Gasteiger charge is -2.07. The molecule has 0 spiro atoms. The van der Waals surface area contributed by atoms with Crippen LogP contribution in [0.4, 0.5) is 5.69 Å². The smallest absolute Gasteiger partial charge is 0.231 e. The first kappa shape index (κ1) is 13.2. The summed E-state index contributed by atoms with van der Waals surface area (Å²) in [7, 11) is 0. The summed E-state index contributed by atoms with van der Waals surface area (Å²) in [5.41, 5.74) is 0.643. The van der Waals surface area contributed by atoms with E-state index in [1.54, 1.807) is 18.2 Å². The Bertz CT molecular complexity index is 401. The fourth-order valence-corrected chi connectivity index (χ4v) is 1.31. The van der Waals surface area contributed by atoms with Crippen molar-refractivity contribution in [3.63, 3.8) is 0 Å². The van der Waals surface area contributed by atoms with Gasteiger partial charge in [0.25, 0.3) is 0 Å². The molecule has 1 aromatic rings. The van der Waals surface area contributed by atoms with Crippen LogP contribution in [0.1, 0.15) is 26.7 Å². The van der Waals surface area contributed by atoms with Crippen molar-refractivity contribution in [2.75, 3.05) is 11.9 Å². The Balaban J connectivity index is 2.58. The molecule has 0 aliphatic rings. The van der Waals surface area contributed by atoms with Crippen LogP contribution < -0.4 is 10.1 Å². The minimum absolute atomic E-state index is 0.0972. The summed E-state index contributed by atoms with van der Waals surface area (Å²) in [4.78, 5) is 22.1. The lowest BCUT2D eigenvalue weighted by atomic mass is 10.2. The monoisotopic (exact) mass is 235 g/mol. The third-order valence-electron chi connectivity index (χ3n) is 2.00. The maximum atomic E-state index is 11.4. The van der Waals surface area contributed by atoms with Gasteiger partial charge in [-0.05, 0) is 25.5 Å². The molecule has 0 aliphatic carbocycles. The van der Waals surface area contributed by atoms with Crippen molar-refractivity contribution >= 4 is 17.4 Å². The molecule has 92 valence electrons. The molecule has 0 fully saturated rings. The Labute approximate surface area is 101 Å². The van der Waals surface area contributed by atoms with Crippen molar-refractivity contribution in [2.45, 2.75) is 26.7 Å². The van der Waals surface area contributed by atoms with E-state index in [1.165, 1.54) is 6.92 Å². The van der Waals surface area contributed by atoms with Crippen LogP contribution in [0.25, 0.3) is 0 Å². The fourth-order valence-electron chi connectivity index (χ4n) is 1.31. The summed E-state index contributed by atoms with van der Waals surface area (Å²) in [5, 5.41) is 2.65. The van der Waals surface area contributed by atoms with Crippen LogP contribution in [0.3, 0.4) is 0 Å². The van der Waals surface area contributed by atoms with Gasteiger partial charge in [0.1, 0.15) is 11.5 Å². The number of amides is 1. The molecule has 0 heterocycles. The average molecular weight is 235 g/mol. The second-order valence-corrected chi connectivity index (χ2v) is 3.80. The van der Waals surface area contributed by atoms with Gasteiger partial charge in [-0.1, -0.05) is 13.0 Å². The van der Waals surface area contributed by atoms with E-state index in [0.29, 0.717) is 18.0 Å². The number of Topliss-reactive ketones (excluding diaryl/α,β-unsaturated/α-hetero) is 1. The first-order valence-corrected chi connectivity index (χ1v) is 5.64. The van der Waals surface area contributed by atoms with Crippen molar-refractivity contribution in [2.24, 2.45) is 0 Å². The topological polar surface area (TPSA) is 55.4 Å². The first-order chi connectivity index (χ1) is 8.11. The summed E-state index contributed by atoms with van der Waals surface area (Å²) in [5.74, 6) is 0.263. The molecule has 0 aromatic heterocycles. The van der Waals surface area contributed by atoms with Gasteiger partial charge in [0, 0.05) is 11.8 Å². The largest absolute Gasteiger partial charge is 0.494 e. The Morgan fingerprint density at radius 1 is 1.35 bits per heavy atom. The molecular weight excluding hydrogens is 218 g/mol. The summed E-state index contributed by atoms with van der Waals surface area (Å²) < 4.78 is 5.44. The van der Waals surface area contributed by atoms with Gasteiger partial charge in [-0.3, -0.25) is 9.59 Å². The van der Waals surface area contributed by atoms with E-state index in [9.17, 15) is 9.59 Å². The van der Waals surface area contributed by atoms with Crippen LogP contribution >= 0.6 is 0 Å². The highest BCUT2D eigenvalue weighted by Crippen LogP contribution is 2.17. The standard InChI is InChI=1S/C13H17NO3/c1-3-7-17-12-6-4-5-11(9-12)14-13(16)8-10(2)15/h4-6,9H,3,7-8H2,1-2H3,(H,14,16). The molecule has 4 heteroatoms. The van der Waals surface area contributed by atoms with Crippen LogP contribution in [0.15, 0.2) is 24.3 Å². The molecule has 0 radical (unpaired) electrons. The van der Waals surface area contributed by atoms with E-state index >= 15 is 0 Å². The summed E-state index contributed by atoms with van der Waals surface area (Å²) in [6.07, 6.45) is 0.834. The maximum Gasteiger partial charge on any atom is 0.231 e. The predicted octanol–water partition coefficient (Wildman–Crippen LogP) is 2.39. The third kappa shape index (κ3) is 5.15. The number of carbonyl (C=O) groups is 2. The highest BCUT2D eigenvalue weighted by Gasteiger charge is 2.05. The number of benzene rings is 1. The van der Waals surface area contributed by atoms with Crippen molar-refractivity contribution in [1.82, 2.24) is 0 Å². The number of rotatable bonds is 6. The lowest BCUT2D eigenvalue weighted by molar-refractivity contribution is -0.124. The average Bonchev–Trinajstić information content (AvgIpc) is 2.25. The molecule has 4 nitrogen and oxygen atoms in total. The molecule has 0 aliphatic heterocycles. The number of ether oxygens (including phenoxy) is 1. The number of hydrogen-bond acceptors (Lipinski definition) is 3. The normalized spacial score (nSPS) is 9.76. The highest BCUT2D eigenvalue weighted by atomic mass is 16.5. The second kappa shape index (κ2) is 6.68. The summed E-state index contributed by atoms with van der Waals surface area (Å²) in [6, 6.07) is 7.13. The molecule has 0 unspecified atom stereocenters. The van der Waals surface area contributed by atoms with Crippen molar-refractivity contribution < 1.29 is 14.3 Å². The molecule has 0 atom stereocenters. The van der Waals surface area contributed by atoms with E-state index in [0.717, 1.165) is 6.42 Å². The number of anilines is 1. The van der Waals surface area contributed by atoms with Gasteiger partial charge >= 0.3 is 0 Å². The number of hydrogen-bond donors (Lipinski definition) is 1. The molecule has 17 heavy (non-hydrogen) atoms. The van der Waals surface area contributed by atoms with Gasteiger partial charge in [-0.2, -0.15) is 0 Å². The minimum atomic E-state index is -0.301. The molecule has 0 bridgehead atoms. The zero-order valence-electron chi connectivity index (χ0n) is 10.2. The molecular formula is C13H17NO3. The van der Waals surface area contributed by atoms with Crippen LogP contribution in [-0.2, 0) is 9.59 Å². The van der Waals surface area contributed by atoms with Crippen molar-refractivity contribution in [1.29, 1.82) is 0 Å². The van der Waals surface area contributed by atoms with E-state index in [2.05, 4.69) is 5.32 Å². The Morgan fingerprint density at radius 3 is 2.76 bits per heavy atom. The van der Waals surface area contributed by atoms with E-state index in [-0.39, 0.29) is 18.1 Å². The summed E-state index contributed by atoms with van der Waals surface area (Å²) >= 11 is 0. The second-order valence-electron chi connectivity index (χ2n) is 3.80. The zero-order valence-corrected chi connectivity index (χ0v) is 10.2. The van der Waals surface area contributed by atoms with Gasteiger partial charge in [0.2, 0.25) is 5.91 Å². The molecule has 1 rings (SSSR count). The van der Waals surface area contributed by atoms with Crippen LogP contribution in [-0.4, -0.2) is 18.3 Å². The van der Waals surface area contributed by atoms with Gasteiger partial charge in [0.05, 0.1) is 13.0 Å². The van der Waals surface area contributed by atoms with E-state index < -0.39 is 0 Å². The predicted molar refractivity (Wildman–Crippen MR) is 66.2 cm³/mol. The van der Waals surface area contributed by atoms with Crippen molar-refractivity contribution in [3.8, 4) is 5.75 Å². The highest BCUT2D eigenvalue weighted by molar-refractivity contribution is 6.03. The number of ketones is 1. The first-order valence-electron chi connectivity index (χ1n) is 5.64. The lowest BCUT2D eigenvalue weighted by Crippen LogP contribution is -2.14. The summed E-state index contributed by atoms with van der Waals surface area (Å²) in [6.45, 7) is 4.06. The van der Waals surface area contributed by atoms with Gasteiger partial charge in [0.15, 0.2) is 0 Å². The van der Waals surface area contributed by atoms with E-state index in [1.807, 2.05) is 13.0 Å². The SMILES string of the molecule is CCCOc1cccc(NC(=O)CC(C)=O)c1. The third-order valence-corrected chi connectivity index (χ3v) is 2.00. The minimum Gasteiger partial charge on any atom is -0.494 e. The molecule has 1 aromatic carbocycles. The van der Waals surface area contributed by atoms with Gasteiger partial charge < -0.3 is 10.1 Å². The molecule has 1 N–H and O–H groups in total. The number of nitrogens with one attached hydrogen (secondary N) is 1. The molecule has 0 saturated carbocycles. The fraction of sp³-hybridized carbons (Fsp3) is 0.385. The number of carbonyl (C=O) groups excluding carboxylic acids is 2. The van der Waals surface area contributed by atoms with Gasteiger partial charge in [-0.25, -0.2) is 0 Å². The molecule has 0 saturated heterocycles. The Hall–Kier alpha value is -1.84. The van der Waals surface area contributed by atoms with Crippen molar-refractivity contribution in [3.05, 3.63) is 24.3 Å². The van der Waals surface area contributed by atoms with E-state index in [4.69, 9.17) is 4.74 Å². The Morgan fingerprint density at radius 2 is 2.12 bits per heavy atom. The zero-order chi connectivity index (χ0) is 12.7. The van der Waals surface area contributed by atoms with Crippen LogP contribution in [0.2, 0.25) is 0 Å². The molecule has 1 amide bonds. The van der Waals surface area contributed by atoms with Crippen LogP contribution in [0.5, 0.6) is 5.75 Å². The van der Waals surface area contributed by atoms with Crippen LogP contribution in [0, 0.1) is 0 Å². The maximum absolute atomic E-state index is 11.4. The Kier molecular flexibility index (Phi) is 5.20. The quantitative estimate of drug-likeness (QED) is 0.770. The van der Waals surface area contributed by atoms with Gasteiger partial charge in [-0.15, -0.1) is 0 Å².